The number of aryl methyl sites for hydroxylation is 1. The average molecular weight is 781 g/mol. The van der Waals surface area contributed by atoms with Crippen molar-refractivity contribution in [1.82, 2.24) is 34.0 Å². The van der Waals surface area contributed by atoms with E-state index in [9.17, 15) is 27.6 Å². The van der Waals surface area contributed by atoms with Crippen molar-refractivity contribution < 1.29 is 27.5 Å². The van der Waals surface area contributed by atoms with Gasteiger partial charge in [0.1, 0.15) is 25.2 Å². The minimum atomic E-state index is -4.48. The SMILES string of the molecule is CCc1c(N2CCN(C(=O)c3ncnc(C)c3OCc3ccccc3)CC2)c(=O)n2nc(Br)nc2n1CC(=O)Nc1ccc(C(F)(F)F)c2c1CC2. The molecule has 270 valence electrons. The van der Waals surface area contributed by atoms with E-state index >= 15 is 0 Å². The van der Waals surface area contributed by atoms with Gasteiger partial charge in [0.05, 0.1) is 17.0 Å². The number of nitrogens with one attached hydrogen (secondary N) is 1. The highest BCUT2D eigenvalue weighted by atomic mass is 79.9. The fourth-order valence-corrected chi connectivity index (χ4v) is 7.08. The molecule has 0 saturated carbocycles. The number of carbonyl (C=O) groups is 2. The van der Waals surface area contributed by atoms with Gasteiger partial charge in [0.2, 0.25) is 16.4 Å². The summed E-state index contributed by atoms with van der Waals surface area (Å²) in [6.45, 7) is 4.68. The van der Waals surface area contributed by atoms with E-state index in [4.69, 9.17) is 4.74 Å². The molecule has 52 heavy (non-hydrogen) atoms. The topological polar surface area (TPSA) is 140 Å². The molecular formula is C35H33BrF3N9O4. The van der Waals surface area contributed by atoms with Gasteiger partial charge in [-0.1, -0.05) is 37.3 Å². The maximum atomic E-state index is 13.9. The number of amides is 2. The second-order valence-corrected chi connectivity index (χ2v) is 13.2. The Morgan fingerprint density at radius 1 is 1.00 bits per heavy atom. The number of benzene rings is 2. The molecule has 2 amide bonds. The number of piperazine rings is 1. The summed E-state index contributed by atoms with van der Waals surface area (Å²) in [5, 5.41) is 7.01. The number of carbonyl (C=O) groups excluding carboxylic acids is 2. The van der Waals surface area contributed by atoms with Gasteiger partial charge >= 0.3 is 6.18 Å². The van der Waals surface area contributed by atoms with Crippen molar-refractivity contribution in [3.8, 4) is 5.75 Å². The third kappa shape index (κ3) is 6.60. The van der Waals surface area contributed by atoms with Crippen LogP contribution in [0.5, 0.6) is 5.75 Å². The molecule has 1 fully saturated rings. The number of hydrogen-bond donors (Lipinski definition) is 1. The predicted octanol–water partition coefficient (Wildman–Crippen LogP) is 4.61. The lowest BCUT2D eigenvalue weighted by Crippen LogP contribution is -2.51. The second-order valence-electron chi connectivity index (χ2n) is 12.5. The zero-order chi connectivity index (χ0) is 36.7. The van der Waals surface area contributed by atoms with Crippen LogP contribution in [0.1, 0.15) is 51.1 Å². The summed E-state index contributed by atoms with van der Waals surface area (Å²) in [7, 11) is 0. The van der Waals surface area contributed by atoms with Crippen LogP contribution in [-0.2, 0) is 43.4 Å². The number of hydrogen-bond acceptors (Lipinski definition) is 9. The Hall–Kier alpha value is -5.32. The molecule has 4 heterocycles. The molecule has 17 heteroatoms. The molecule has 2 aliphatic rings. The van der Waals surface area contributed by atoms with Crippen molar-refractivity contribution in [1.29, 1.82) is 0 Å². The van der Waals surface area contributed by atoms with E-state index in [0.717, 1.165) is 16.1 Å². The summed E-state index contributed by atoms with van der Waals surface area (Å²) < 4.78 is 49.3. The van der Waals surface area contributed by atoms with Gasteiger partial charge in [0, 0.05) is 31.9 Å². The molecule has 7 rings (SSSR count). The van der Waals surface area contributed by atoms with Gasteiger partial charge in [-0.3, -0.25) is 14.4 Å². The van der Waals surface area contributed by atoms with Gasteiger partial charge < -0.3 is 24.4 Å². The fraction of sp³-hybridized carbons (Fsp3) is 0.343. The first-order valence-electron chi connectivity index (χ1n) is 16.7. The Balaban J connectivity index is 1.12. The highest BCUT2D eigenvalue weighted by Gasteiger charge is 2.37. The number of halogens is 4. The Labute approximate surface area is 303 Å². The molecule has 0 radical (unpaired) electrons. The summed E-state index contributed by atoms with van der Waals surface area (Å²) in [6, 6.07) is 11.8. The Kier molecular flexibility index (Phi) is 9.46. The molecule has 1 aliphatic heterocycles. The largest absolute Gasteiger partial charge is 0.485 e. The summed E-state index contributed by atoms with van der Waals surface area (Å²) in [4.78, 5) is 57.6. The standard InChI is InChI=1S/C35H33BrF3N9O4/c1-3-26-29(45-13-15-46(16-14-45)31(50)28-30(20(2)40-19-41-28)52-18-21-7-5-4-6-8-21)32(51)48-34(43-33(36)44-48)47(26)17-27(49)42-25-12-11-24(35(37,38)39)22-9-10-23(22)25/h4-8,11-12,19H,3,9-10,13-18H2,1-2H3,(H,42,49). The van der Waals surface area contributed by atoms with Crippen LogP contribution in [-0.4, -0.2) is 72.0 Å². The molecule has 5 aromatic rings. The van der Waals surface area contributed by atoms with E-state index in [-0.39, 0.29) is 60.3 Å². The fourth-order valence-electron chi connectivity index (χ4n) is 6.76. The minimum Gasteiger partial charge on any atom is -0.485 e. The van der Waals surface area contributed by atoms with E-state index < -0.39 is 23.2 Å². The Morgan fingerprint density at radius 3 is 2.40 bits per heavy atom. The number of anilines is 2. The normalized spacial score (nSPS) is 14.3. The smallest absolute Gasteiger partial charge is 0.416 e. The van der Waals surface area contributed by atoms with Gasteiger partial charge in [-0.25, -0.2) is 9.97 Å². The second kappa shape index (κ2) is 14.0. The molecule has 1 N–H and O–H groups in total. The van der Waals surface area contributed by atoms with Crippen molar-refractivity contribution in [3.05, 3.63) is 103 Å². The predicted molar refractivity (Wildman–Crippen MR) is 187 cm³/mol. The van der Waals surface area contributed by atoms with E-state index in [0.29, 0.717) is 60.0 Å². The van der Waals surface area contributed by atoms with E-state index in [1.54, 1.807) is 16.4 Å². The number of rotatable bonds is 9. The molecule has 1 saturated heterocycles. The summed E-state index contributed by atoms with van der Waals surface area (Å²) in [5.41, 5.74) is 2.31. The maximum absolute atomic E-state index is 13.9. The monoisotopic (exact) mass is 779 g/mol. The van der Waals surface area contributed by atoms with Crippen LogP contribution >= 0.6 is 15.9 Å². The van der Waals surface area contributed by atoms with E-state index in [1.807, 2.05) is 42.2 Å². The quantitative estimate of drug-likeness (QED) is 0.227. The molecule has 2 aromatic carbocycles. The van der Waals surface area contributed by atoms with Crippen molar-refractivity contribution in [2.75, 3.05) is 36.4 Å². The number of ether oxygens (including phenoxy) is 1. The molecule has 0 atom stereocenters. The van der Waals surface area contributed by atoms with Gasteiger partial charge in [0.15, 0.2) is 11.4 Å². The first kappa shape index (κ1) is 35.1. The Morgan fingerprint density at radius 2 is 1.73 bits per heavy atom. The van der Waals surface area contributed by atoms with Crippen molar-refractivity contribution in [2.45, 2.75) is 52.4 Å². The number of nitrogens with zero attached hydrogens (tertiary/aromatic N) is 8. The zero-order valence-electron chi connectivity index (χ0n) is 28.2. The summed E-state index contributed by atoms with van der Waals surface area (Å²) in [5.74, 6) is -0.391. The van der Waals surface area contributed by atoms with Crippen LogP contribution in [0, 0.1) is 6.92 Å². The number of aromatic nitrogens is 6. The lowest BCUT2D eigenvalue weighted by Gasteiger charge is -2.36. The highest BCUT2D eigenvalue weighted by Crippen LogP contribution is 2.41. The first-order valence-corrected chi connectivity index (χ1v) is 17.5. The molecule has 13 nitrogen and oxygen atoms in total. The van der Waals surface area contributed by atoms with Crippen molar-refractivity contribution >= 4 is 44.9 Å². The van der Waals surface area contributed by atoms with Crippen LogP contribution in [0.2, 0.25) is 0 Å². The zero-order valence-corrected chi connectivity index (χ0v) is 29.8. The van der Waals surface area contributed by atoms with Crippen LogP contribution in [0.15, 0.2) is 58.3 Å². The molecular weight excluding hydrogens is 747 g/mol. The minimum absolute atomic E-state index is 0.129. The maximum Gasteiger partial charge on any atom is 0.416 e. The Bertz CT molecular complexity index is 2250. The van der Waals surface area contributed by atoms with Crippen LogP contribution in [0.4, 0.5) is 24.5 Å². The molecule has 1 aliphatic carbocycles. The van der Waals surface area contributed by atoms with Crippen LogP contribution < -0.4 is 20.5 Å². The summed E-state index contributed by atoms with van der Waals surface area (Å²) >= 11 is 3.24. The van der Waals surface area contributed by atoms with Gasteiger partial charge in [0.25, 0.3) is 11.5 Å². The highest BCUT2D eigenvalue weighted by molar-refractivity contribution is 9.10. The third-order valence-electron chi connectivity index (χ3n) is 9.37. The van der Waals surface area contributed by atoms with E-state index in [1.165, 1.54) is 12.4 Å². The van der Waals surface area contributed by atoms with Gasteiger partial charge in [-0.05, 0) is 70.9 Å². The third-order valence-corrected chi connectivity index (χ3v) is 9.70. The van der Waals surface area contributed by atoms with Crippen LogP contribution in [0.25, 0.3) is 5.78 Å². The number of alkyl halides is 3. The first-order chi connectivity index (χ1) is 24.9. The molecule has 3 aromatic heterocycles. The van der Waals surface area contributed by atoms with Crippen LogP contribution in [0.3, 0.4) is 0 Å². The van der Waals surface area contributed by atoms with E-state index in [2.05, 4.69) is 41.3 Å². The average Bonchev–Trinajstić information content (AvgIpc) is 3.51. The lowest BCUT2D eigenvalue weighted by atomic mass is 9.83. The van der Waals surface area contributed by atoms with Gasteiger partial charge in [-0.15, -0.1) is 5.10 Å². The molecule has 0 spiro atoms. The van der Waals surface area contributed by atoms with Gasteiger partial charge in [-0.2, -0.15) is 22.7 Å². The van der Waals surface area contributed by atoms with Crippen molar-refractivity contribution in [3.63, 3.8) is 0 Å². The van der Waals surface area contributed by atoms with Crippen molar-refractivity contribution in [2.24, 2.45) is 0 Å². The summed E-state index contributed by atoms with van der Waals surface area (Å²) in [6.07, 6.45) is -2.10. The number of fused-ring (bicyclic) bond motifs is 2. The molecule has 0 unspecified atom stereocenters. The molecule has 0 bridgehead atoms. The lowest BCUT2D eigenvalue weighted by molar-refractivity contribution is -0.138.